The fraction of sp³-hybridized carbons (Fsp3) is 0.296. The van der Waals surface area contributed by atoms with Crippen LogP contribution < -0.4 is 0 Å². The van der Waals surface area contributed by atoms with Gasteiger partial charge in [-0.25, -0.2) is 13.6 Å². The molecule has 0 fully saturated rings. The molecule has 0 spiro atoms. The maximum absolute atomic E-state index is 13.9. The zero-order valence-electron chi connectivity index (χ0n) is 21.9. The van der Waals surface area contributed by atoms with Crippen LogP contribution in [0.5, 0.6) is 0 Å². The number of hydrogen-bond donors (Lipinski definition) is 1. The van der Waals surface area contributed by atoms with Crippen LogP contribution in [0.2, 0.25) is 10.0 Å². The van der Waals surface area contributed by atoms with Crippen LogP contribution in [0.4, 0.5) is 8.78 Å². The molecule has 0 saturated heterocycles. The Morgan fingerprint density at radius 1 is 1.00 bits per heavy atom. The number of nitrogens with zero attached hydrogens (tertiary/aromatic N) is 3. The predicted molar refractivity (Wildman–Crippen MR) is 148 cm³/mol. The SMILES string of the molecule is CCOC(=O)C(C(C)=NC)=C(O)c1c(F)cccc1Cl.CCOC(=O)C1C(C)=NN=C1c1c(F)cccc1Cl. The summed E-state index contributed by atoms with van der Waals surface area (Å²) < 4.78 is 37.5. The van der Waals surface area contributed by atoms with E-state index in [-0.39, 0.29) is 51.4 Å². The van der Waals surface area contributed by atoms with Crippen LogP contribution >= 0.6 is 23.2 Å². The highest BCUT2D eigenvalue weighted by molar-refractivity contribution is 6.37. The minimum atomic E-state index is -0.797. The lowest BCUT2D eigenvalue weighted by Gasteiger charge is -2.13. The van der Waals surface area contributed by atoms with Crippen LogP contribution in [0, 0.1) is 17.6 Å². The summed E-state index contributed by atoms with van der Waals surface area (Å²) in [6, 6.07) is 8.25. The van der Waals surface area contributed by atoms with Crippen molar-refractivity contribution in [2.75, 3.05) is 20.3 Å². The van der Waals surface area contributed by atoms with Gasteiger partial charge in [0.1, 0.15) is 28.9 Å². The number of aliphatic imine (C=N–C) groups is 1. The number of carbonyl (C=O) groups is 2. The fourth-order valence-electron chi connectivity index (χ4n) is 3.47. The minimum absolute atomic E-state index is 0.00629. The van der Waals surface area contributed by atoms with Gasteiger partial charge in [0.2, 0.25) is 0 Å². The topological polar surface area (TPSA) is 110 Å². The summed E-state index contributed by atoms with van der Waals surface area (Å²) in [5.74, 6) is -3.94. The molecule has 1 N–H and O–H groups in total. The first-order chi connectivity index (χ1) is 18.5. The maximum Gasteiger partial charge on any atom is 0.343 e. The second-order valence-corrected chi connectivity index (χ2v) is 8.67. The highest BCUT2D eigenvalue weighted by Crippen LogP contribution is 2.29. The lowest BCUT2D eigenvalue weighted by molar-refractivity contribution is -0.143. The van der Waals surface area contributed by atoms with Crippen molar-refractivity contribution in [3.05, 3.63) is 74.8 Å². The first-order valence-electron chi connectivity index (χ1n) is 11.7. The van der Waals surface area contributed by atoms with E-state index in [9.17, 15) is 23.5 Å². The summed E-state index contributed by atoms with van der Waals surface area (Å²) >= 11 is 11.9. The molecule has 0 aromatic heterocycles. The molecule has 1 atom stereocenters. The van der Waals surface area contributed by atoms with Gasteiger partial charge in [-0.05, 0) is 52.0 Å². The second kappa shape index (κ2) is 14.5. The Labute approximate surface area is 234 Å². The Bertz CT molecular complexity index is 1330. The Morgan fingerprint density at radius 3 is 2.13 bits per heavy atom. The molecule has 208 valence electrons. The second-order valence-electron chi connectivity index (χ2n) is 7.86. The highest BCUT2D eigenvalue weighted by atomic mass is 35.5. The van der Waals surface area contributed by atoms with E-state index in [0.29, 0.717) is 5.71 Å². The molecule has 1 aliphatic heterocycles. The normalized spacial score (nSPS) is 15.4. The van der Waals surface area contributed by atoms with E-state index in [1.165, 1.54) is 38.2 Å². The number of esters is 2. The quantitative estimate of drug-likeness (QED) is 0.180. The summed E-state index contributed by atoms with van der Waals surface area (Å²) in [4.78, 5) is 27.6. The smallest absolute Gasteiger partial charge is 0.343 e. The van der Waals surface area contributed by atoms with Crippen LogP contribution in [-0.4, -0.2) is 54.4 Å². The van der Waals surface area contributed by atoms with Gasteiger partial charge in [0.15, 0.2) is 0 Å². The largest absolute Gasteiger partial charge is 0.506 e. The van der Waals surface area contributed by atoms with E-state index in [2.05, 4.69) is 15.2 Å². The third-order valence-electron chi connectivity index (χ3n) is 5.36. The Balaban J connectivity index is 0.000000274. The number of hydrogen-bond acceptors (Lipinski definition) is 8. The Morgan fingerprint density at radius 2 is 1.59 bits per heavy atom. The molecule has 1 aliphatic rings. The number of aliphatic hydroxyl groups is 1. The maximum atomic E-state index is 13.9. The summed E-state index contributed by atoms with van der Waals surface area (Å²) in [6.07, 6.45) is 0. The van der Waals surface area contributed by atoms with Gasteiger partial charge < -0.3 is 14.6 Å². The van der Waals surface area contributed by atoms with Gasteiger partial charge in [0, 0.05) is 12.8 Å². The van der Waals surface area contributed by atoms with Gasteiger partial charge in [-0.2, -0.15) is 10.2 Å². The number of rotatable bonds is 7. The van der Waals surface area contributed by atoms with Crippen LogP contribution in [0.3, 0.4) is 0 Å². The van der Waals surface area contributed by atoms with Crippen molar-refractivity contribution in [1.29, 1.82) is 0 Å². The Hall–Kier alpha value is -3.63. The van der Waals surface area contributed by atoms with Crippen molar-refractivity contribution in [3.63, 3.8) is 0 Å². The summed E-state index contributed by atoms with van der Waals surface area (Å²) in [5.41, 5.74) is 0.525. The molecule has 0 radical (unpaired) electrons. The van der Waals surface area contributed by atoms with Crippen molar-refractivity contribution in [2.24, 2.45) is 21.1 Å². The molecule has 0 bridgehead atoms. The Kier molecular flexibility index (Phi) is 11.7. The van der Waals surface area contributed by atoms with Crippen LogP contribution in [0.1, 0.15) is 38.8 Å². The molecule has 0 saturated carbocycles. The van der Waals surface area contributed by atoms with Crippen LogP contribution in [0.25, 0.3) is 5.76 Å². The van der Waals surface area contributed by atoms with Crippen molar-refractivity contribution < 1.29 is 33.0 Å². The van der Waals surface area contributed by atoms with E-state index in [4.69, 9.17) is 32.7 Å². The summed E-state index contributed by atoms with van der Waals surface area (Å²) in [7, 11) is 1.45. The molecule has 0 aliphatic carbocycles. The average molecular weight is 582 g/mol. The zero-order chi connectivity index (χ0) is 29.3. The van der Waals surface area contributed by atoms with E-state index in [1.807, 2.05) is 0 Å². The highest BCUT2D eigenvalue weighted by Gasteiger charge is 2.36. The van der Waals surface area contributed by atoms with Crippen molar-refractivity contribution >= 4 is 58.0 Å². The van der Waals surface area contributed by atoms with Crippen LogP contribution in [-0.2, 0) is 19.1 Å². The molecule has 0 amide bonds. The summed E-state index contributed by atoms with van der Waals surface area (Å²) in [6.45, 7) is 6.84. The van der Waals surface area contributed by atoms with Crippen molar-refractivity contribution in [3.8, 4) is 0 Å². The number of ether oxygens (including phenoxy) is 2. The third-order valence-corrected chi connectivity index (χ3v) is 5.99. The average Bonchev–Trinajstić information content (AvgIpc) is 3.25. The first-order valence-corrected chi connectivity index (χ1v) is 12.5. The number of benzene rings is 2. The molecular weight excluding hydrogens is 555 g/mol. The molecule has 1 unspecified atom stereocenters. The zero-order valence-corrected chi connectivity index (χ0v) is 23.4. The van der Waals surface area contributed by atoms with Gasteiger partial charge in [0.05, 0.1) is 45.8 Å². The summed E-state index contributed by atoms with van der Waals surface area (Å²) in [5, 5.41) is 18.1. The first kappa shape index (κ1) is 31.6. The number of carbonyl (C=O) groups excluding carboxylic acids is 2. The van der Waals surface area contributed by atoms with Crippen molar-refractivity contribution in [2.45, 2.75) is 27.7 Å². The van der Waals surface area contributed by atoms with E-state index >= 15 is 0 Å². The lowest BCUT2D eigenvalue weighted by atomic mass is 9.93. The van der Waals surface area contributed by atoms with Gasteiger partial charge in [-0.15, -0.1) is 0 Å². The lowest BCUT2D eigenvalue weighted by Crippen LogP contribution is -2.30. The number of halogens is 4. The fourth-order valence-corrected chi connectivity index (χ4v) is 3.98. The van der Waals surface area contributed by atoms with Crippen LogP contribution in [0.15, 0.2) is 57.2 Å². The number of aliphatic hydroxyl groups excluding tert-OH is 1. The molecular formula is C27H27Cl2F2N3O5. The third kappa shape index (κ3) is 7.48. The monoisotopic (exact) mass is 581 g/mol. The van der Waals surface area contributed by atoms with E-state index in [1.54, 1.807) is 26.8 Å². The molecule has 3 rings (SSSR count). The van der Waals surface area contributed by atoms with Gasteiger partial charge in [-0.1, -0.05) is 35.3 Å². The molecule has 1 heterocycles. The van der Waals surface area contributed by atoms with Gasteiger partial charge in [0.25, 0.3) is 0 Å². The van der Waals surface area contributed by atoms with Gasteiger partial charge in [-0.3, -0.25) is 9.79 Å². The standard InChI is InChI=1S/C14H15ClFNO3.C13H12ClFN2O2/c1-4-20-14(19)11(8(2)17-3)13(18)12-9(15)6-5-7-10(12)16;1-3-19-13(18)10-7(2)16-17-12(10)11-8(14)5-4-6-9(11)15/h5-7,18H,4H2,1-3H3;4-6,10H,3H2,1-2H3. The van der Waals surface area contributed by atoms with E-state index < -0.39 is 35.3 Å². The molecule has 8 nitrogen and oxygen atoms in total. The molecule has 39 heavy (non-hydrogen) atoms. The van der Waals surface area contributed by atoms with Gasteiger partial charge >= 0.3 is 11.9 Å². The molecule has 12 heteroatoms. The molecule has 2 aromatic rings. The molecule has 2 aromatic carbocycles. The van der Waals surface area contributed by atoms with Crippen molar-refractivity contribution in [1.82, 2.24) is 0 Å². The van der Waals surface area contributed by atoms with E-state index in [0.717, 1.165) is 6.07 Å². The minimum Gasteiger partial charge on any atom is -0.506 e. The predicted octanol–water partition coefficient (Wildman–Crippen LogP) is 6.24.